The summed E-state index contributed by atoms with van der Waals surface area (Å²) < 4.78 is 68.4. The second-order valence-electron chi connectivity index (χ2n) is 6.93. The van der Waals surface area contributed by atoms with Gasteiger partial charge in [-0.2, -0.15) is 22.0 Å². The second-order valence-corrected chi connectivity index (χ2v) is 6.93. The van der Waals surface area contributed by atoms with Gasteiger partial charge in [0.05, 0.1) is 11.3 Å². The van der Waals surface area contributed by atoms with Gasteiger partial charge in [0.25, 0.3) is 0 Å². The maximum Gasteiger partial charge on any atom is 0.419 e. The number of hydrogen-bond acceptors (Lipinski definition) is 6. The van der Waals surface area contributed by atoms with Crippen molar-refractivity contribution in [3.05, 3.63) is 36.2 Å². The van der Waals surface area contributed by atoms with Gasteiger partial charge in [-0.25, -0.2) is 9.97 Å². The highest BCUT2D eigenvalue weighted by molar-refractivity contribution is 5.69. The van der Waals surface area contributed by atoms with Crippen LogP contribution in [0.4, 0.5) is 39.3 Å². The number of nitrogens with one attached hydrogen (secondary N) is 2. The van der Waals surface area contributed by atoms with Gasteiger partial charge in [0.15, 0.2) is 5.75 Å². The summed E-state index contributed by atoms with van der Waals surface area (Å²) in [5, 5.41) is 6.00. The number of fused-ring (bicyclic) bond motifs is 2. The summed E-state index contributed by atoms with van der Waals surface area (Å²) in [6.07, 6.45) is -1.29. The number of nitrogens with zero attached hydrogens (tertiary/aromatic N) is 3. The summed E-state index contributed by atoms with van der Waals surface area (Å²) in [5.41, 5.74) is -0.110. The molecule has 0 radical (unpaired) electrons. The molecule has 29 heavy (non-hydrogen) atoms. The molecular weight excluding hydrogens is 397 g/mol. The first-order chi connectivity index (χ1) is 13.8. The van der Waals surface area contributed by atoms with Gasteiger partial charge >= 0.3 is 12.8 Å². The number of halogens is 5. The molecule has 6 nitrogen and oxygen atoms in total. The number of ether oxygens (including phenoxy) is 1. The van der Waals surface area contributed by atoms with E-state index in [1.54, 1.807) is 6.07 Å². The van der Waals surface area contributed by atoms with Crippen LogP contribution in [0.15, 0.2) is 30.6 Å². The van der Waals surface area contributed by atoms with Crippen molar-refractivity contribution in [2.24, 2.45) is 0 Å². The number of piperazine rings is 1. The van der Waals surface area contributed by atoms with Gasteiger partial charge in [-0.3, -0.25) is 0 Å². The van der Waals surface area contributed by atoms with E-state index in [0.717, 1.165) is 31.6 Å². The molecule has 0 amide bonds. The number of alkyl halides is 5. The molecule has 2 aliphatic heterocycles. The van der Waals surface area contributed by atoms with Crippen molar-refractivity contribution < 1.29 is 26.7 Å². The molecular formula is C18H18F5N5O. The van der Waals surface area contributed by atoms with Crippen LogP contribution < -0.4 is 20.3 Å². The van der Waals surface area contributed by atoms with Gasteiger partial charge in [0.1, 0.15) is 0 Å². The molecule has 0 spiro atoms. The summed E-state index contributed by atoms with van der Waals surface area (Å²) in [6.45, 7) is -1.42. The van der Waals surface area contributed by atoms with Gasteiger partial charge in [0, 0.05) is 49.3 Å². The van der Waals surface area contributed by atoms with Crippen LogP contribution >= 0.6 is 0 Å². The molecule has 0 aliphatic carbocycles. The van der Waals surface area contributed by atoms with Gasteiger partial charge < -0.3 is 20.3 Å². The lowest BCUT2D eigenvalue weighted by molar-refractivity contribution is -0.138. The van der Waals surface area contributed by atoms with E-state index in [4.69, 9.17) is 0 Å². The molecule has 4 rings (SSSR count). The number of benzene rings is 1. The first kappa shape index (κ1) is 19.6. The van der Waals surface area contributed by atoms with Crippen LogP contribution in [0.1, 0.15) is 18.4 Å². The molecule has 2 N–H and O–H groups in total. The lowest BCUT2D eigenvalue weighted by Gasteiger charge is -2.37. The molecule has 11 heteroatoms. The van der Waals surface area contributed by atoms with Gasteiger partial charge in [-0.15, -0.1) is 0 Å². The molecule has 2 saturated heterocycles. The van der Waals surface area contributed by atoms with E-state index in [-0.39, 0.29) is 29.5 Å². The van der Waals surface area contributed by atoms with Crippen molar-refractivity contribution in [3.8, 4) is 5.75 Å². The van der Waals surface area contributed by atoms with E-state index in [1.165, 1.54) is 12.1 Å². The summed E-state index contributed by atoms with van der Waals surface area (Å²) in [5.74, 6) is -0.286. The quantitative estimate of drug-likeness (QED) is 0.725. The molecule has 1 aromatic heterocycles. The maximum atomic E-state index is 12.9. The van der Waals surface area contributed by atoms with Crippen LogP contribution in [-0.4, -0.2) is 41.8 Å². The first-order valence-electron chi connectivity index (χ1n) is 9.05. The Bertz CT molecular complexity index is 845. The Balaban J connectivity index is 1.59. The fraction of sp³-hybridized carbons (Fsp3) is 0.444. The highest BCUT2D eigenvalue weighted by atomic mass is 19.4. The SMILES string of the molecule is FC(F)Oc1cc(N2[C@@H]3CC[C@H]2CNC3)ccc1Nc1ncc(C(F)(F)F)cn1. The topological polar surface area (TPSA) is 62.3 Å². The zero-order chi connectivity index (χ0) is 20.6. The largest absolute Gasteiger partial charge is 0.433 e. The molecule has 0 unspecified atom stereocenters. The highest BCUT2D eigenvalue weighted by Gasteiger charge is 2.37. The molecule has 2 bridgehead atoms. The molecule has 2 fully saturated rings. The lowest BCUT2D eigenvalue weighted by atomic mass is 10.1. The van der Waals surface area contributed by atoms with Gasteiger partial charge in [-0.1, -0.05) is 0 Å². The molecule has 2 aromatic rings. The number of rotatable bonds is 5. The molecule has 156 valence electrons. The second kappa shape index (κ2) is 7.62. The minimum atomic E-state index is -4.56. The van der Waals surface area contributed by atoms with Crippen LogP contribution in [0.3, 0.4) is 0 Å². The van der Waals surface area contributed by atoms with E-state index in [2.05, 4.69) is 30.2 Å². The summed E-state index contributed by atoms with van der Waals surface area (Å²) in [4.78, 5) is 9.41. The van der Waals surface area contributed by atoms with Crippen molar-refractivity contribution in [2.45, 2.75) is 37.7 Å². The Kier molecular flexibility index (Phi) is 5.15. The van der Waals surface area contributed by atoms with E-state index in [0.29, 0.717) is 12.4 Å². The van der Waals surface area contributed by atoms with Crippen LogP contribution in [0.25, 0.3) is 0 Å². The monoisotopic (exact) mass is 415 g/mol. The summed E-state index contributed by atoms with van der Waals surface area (Å²) in [6, 6.07) is 5.38. The Hall–Kier alpha value is -2.69. The number of hydrogen-bond donors (Lipinski definition) is 2. The highest BCUT2D eigenvalue weighted by Crippen LogP contribution is 2.38. The van der Waals surface area contributed by atoms with Crippen LogP contribution in [-0.2, 0) is 6.18 Å². The minimum absolute atomic E-state index is 0.126. The average molecular weight is 415 g/mol. The molecule has 1 aromatic carbocycles. The van der Waals surface area contributed by atoms with E-state index < -0.39 is 18.4 Å². The van der Waals surface area contributed by atoms with Crippen LogP contribution in [0.5, 0.6) is 5.75 Å². The standard InChI is InChI=1S/C18H18F5N5O/c19-16(20)29-15-5-11(28-12-1-2-13(28)9-24-8-12)3-4-14(15)27-17-25-6-10(7-26-17)18(21,22)23/h3-7,12-13,16,24H,1-2,8-9H2,(H,25,26,27)/t12-,13+. The number of aromatic nitrogens is 2. The molecule has 2 atom stereocenters. The van der Waals surface area contributed by atoms with Gasteiger partial charge in [-0.05, 0) is 25.0 Å². The van der Waals surface area contributed by atoms with Gasteiger partial charge in [0.2, 0.25) is 5.95 Å². The summed E-state index contributed by atoms with van der Waals surface area (Å²) >= 11 is 0. The Morgan fingerprint density at radius 1 is 1.10 bits per heavy atom. The predicted molar refractivity (Wildman–Crippen MR) is 95.5 cm³/mol. The zero-order valence-corrected chi connectivity index (χ0v) is 15.1. The van der Waals surface area contributed by atoms with Crippen molar-refractivity contribution in [1.82, 2.24) is 15.3 Å². The molecule has 0 saturated carbocycles. The lowest BCUT2D eigenvalue weighted by Crippen LogP contribution is -2.51. The van der Waals surface area contributed by atoms with Crippen molar-refractivity contribution in [2.75, 3.05) is 23.3 Å². The van der Waals surface area contributed by atoms with Crippen LogP contribution in [0, 0.1) is 0 Å². The average Bonchev–Trinajstić information content (AvgIpc) is 2.91. The predicted octanol–water partition coefficient (Wildman–Crippen LogP) is 3.78. The Labute approximate surface area is 163 Å². The van der Waals surface area contributed by atoms with Crippen molar-refractivity contribution >= 4 is 17.3 Å². The summed E-state index contributed by atoms with van der Waals surface area (Å²) in [7, 11) is 0. The Morgan fingerprint density at radius 3 is 2.34 bits per heavy atom. The van der Waals surface area contributed by atoms with Crippen molar-refractivity contribution in [3.63, 3.8) is 0 Å². The fourth-order valence-corrected chi connectivity index (χ4v) is 3.83. The van der Waals surface area contributed by atoms with E-state index in [9.17, 15) is 22.0 Å². The zero-order valence-electron chi connectivity index (χ0n) is 15.1. The van der Waals surface area contributed by atoms with E-state index >= 15 is 0 Å². The maximum absolute atomic E-state index is 12.9. The van der Waals surface area contributed by atoms with E-state index in [1.807, 2.05) is 0 Å². The molecule has 2 aliphatic rings. The third-order valence-corrected chi connectivity index (χ3v) is 5.08. The Morgan fingerprint density at radius 2 is 1.76 bits per heavy atom. The minimum Gasteiger partial charge on any atom is -0.433 e. The fourth-order valence-electron chi connectivity index (χ4n) is 3.83. The third kappa shape index (κ3) is 4.19. The third-order valence-electron chi connectivity index (χ3n) is 5.08. The van der Waals surface area contributed by atoms with Crippen molar-refractivity contribution in [1.29, 1.82) is 0 Å². The smallest absolute Gasteiger partial charge is 0.419 e. The van der Waals surface area contributed by atoms with Crippen LogP contribution in [0.2, 0.25) is 0 Å². The molecule has 3 heterocycles. The normalized spacial score (nSPS) is 21.5. The first-order valence-corrected chi connectivity index (χ1v) is 9.05. The number of anilines is 3.